The highest BCUT2D eigenvalue weighted by Crippen LogP contribution is 2.35. The number of halogens is 1. The van der Waals surface area contributed by atoms with Gasteiger partial charge in [0.25, 0.3) is 0 Å². The van der Waals surface area contributed by atoms with Crippen molar-refractivity contribution in [2.45, 2.75) is 51.4 Å². The maximum atomic E-state index is 13.6. The summed E-state index contributed by atoms with van der Waals surface area (Å²) in [6, 6.07) is 6.45. The molecule has 3 rings (SSSR count). The zero-order valence-corrected chi connectivity index (χ0v) is 19.4. The smallest absolute Gasteiger partial charge is 0.303 e. The molecule has 1 fully saturated rings. The van der Waals surface area contributed by atoms with Crippen LogP contribution in [0.1, 0.15) is 26.3 Å². The molecule has 33 heavy (non-hydrogen) atoms. The number of carbonyl (C=O) groups is 3. The van der Waals surface area contributed by atoms with Gasteiger partial charge in [0.2, 0.25) is 0 Å². The van der Waals surface area contributed by atoms with E-state index in [1.807, 2.05) is 0 Å². The number of aryl methyl sites for hydroxylation is 1. The van der Waals surface area contributed by atoms with E-state index in [0.717, 1.165) is 5.56 Å². The Hall–Kier alpha value is -3.14. The molecule has 0 spiro atoms. The van der Waals surface area contributed by atoms with Gasteiger partial charge in [-0.2, -0.15) is 0 Å². The number of pyridine rings is 1. The molecule has 0 amide bonds. The van der Waals surface area contributed by atoms with Gasteiger partial charge in [0.05, 0.1) is 6.20 Å². The molecule has 176 valence electrons. The predicted octanol–water partition coefficient (Wildman–Crippen LogP) is 3.44. The molecule has 1 aromatic heterocycles. The number of carbonyl (C=O) groups excluding carboxylic acids is 3. The minimum Gasteiger partial charge on any atom is -0.474 e. The SMILES string of the molecule is CC(=O)O[C@H]1[C@H](OC(C)=O)CSC(Oc2cncc(-c3ccc(F)c(C)c3)c2)[C@@H]1OC(C)=O. The predicted molar refractivity (Wildman–Crippen MR) is 118 cm³/mol. The highest BCUT2D eigenvalue weighted by molar-refractivity contribution is 7.99. The molecule has 2 aromatic rings. The molecule has 1 aliphatic heterocycles. The summed E-state index contributed by atoms with van der Waals surface area (Å²) in [5.74, 6) is -1.45. The van der Waals surface area contributed by atoms with Crippen LogP contribution >= 0.6 is 11.8 Å². The summed E-state index contributed by atoms with van der Waals surface area (Å²) >= 11 is 1.25. The molecule has 0 radical (unpaired) electrons. The zero-order chi connectivity index (χ0) is 24.1. The molecule has 0 bridgehead atoms. The molecule has 4 atom stereocenters. The van der Waals surface area contributed by atoms with Crippen LogP contribution in [-0.2, 0) is 28.6 Å². The number of nitrogens with zero attached hydrogens (tertiary/aromatic N) is 1. The second-order valence-corrected chi connectivity index (χ2v) is 8.62. The molecule has 1 aliphatic rings. The van der Waals surface area contributed by atoms with Crippen molar-refractivity contribution in [1.82, 2.24) is 4.98 Å². The summed E-state index contributed by atoms with van der Waals surface area (Å²) in [6.07, 6.45) is 0.218. The van der Waals surface area contributed by atoms with Crippen LogP contribution in [0.5, 0.6) is 5.75 Å². The molecular formula is C23H24FNO7S. The minimum atomic E-state index is -1.04. The van der Waals surface area contributed by atoms with Crippen LogP contribution in [0.15, 0.2) is 36.7 Å². The molecule has 1 unspecified atom stereocenters. The lowest BCUT2D eigenvalue weighted by Gasteiger charge is -2.39. The number of hydrogen-bond donors (Lipinski definition) is 0. The number of esters is 3. The van der Waals surface area contributed by atoms with Gasteiger partial charge in [-0.3, -0.25) is 19.4 Å². The van der Waals surface area contributed by atoms with Crippen molar-refractivity contribution in [2.75, 3.05) is 5.75 Å². The van der Waals surface area contributed by atoms with Crippen LogP contribution in [0.3, 0.4) is 0 Å². The fraction of sp³-hybridized carbons (Fsp3) is 0.391. The van der Waals surface area contributed by atoms with E-state index in [9.17, 15) is 18.8 Å². The average molecular weight is 478 g/mol. The fourth-order valence-electron chi connectivity index (χ4n) is 3.41. The largest absolute Gasteiger partial charge is 0.474 e. The van der Waals surface area contributed by atoms with Crippen LogP contribution in [0.4, 0.5) is 4.39 Å². The second kappa shape index (κ2) is 10.7. The summed E-state index contributed by atoms with van der Waals surface area (Å²) < 4.78 is 35.8. The van der Waals surface area contributed by atoms with E-state index < -0.39 is 41.7 Å². The topological polar surface area (TPSA) is 101 Å². The summed E-state index contributed by atoms with van der Waals surface area (Å²) in [6.45, 7) is 5.35. The Morgan fingerprint density at radius 2 is 1.61 bits per heavy atom. The summed E-state index contributed by atoms with van der Waals surface area (Å²) in [5, 5.41) is 0. The maximum Gasteiger partial charge on any atom is 0.303 e. The summed E-state index contributed by atoms with van der Waals surface area (Å²) in [7, 11) is 0. The molecule has 10 heteroatoms. The third kappa shape index (κ3) is 6.44. The Bertz CT molecular complexity index is 1050. The van der Waals surface area contributed by atoms with E-state index in [1.54, 1.807) is 31.3 Å². The lowest BCUT2D eigenvalue weighted by Crippen LogP contribution is -2.55. The van der Waals surface area contributed by atoms with Gasteiger partial charge in [0, 0.05) is 38.3 Å². The normalized spacial score (nSPS) is 22.2. The first-order valence-electron chi connectivity index (χ1n) is 10.2. The number of thioether (sulfide) groups is 1. The van der Waals surface area contributed by atoms with Gasteiger partial charge in [0.15, 0.2) is 23.7 Å². The van der Waals surface area contributed by atoms with E-state index in [4.69, 9.17) is 18.9 Å². The Morgan fingerprint density at radius 1 is 0.939 bits per heavy atom. The highest BCUT2D eigenvalue weighted by Gasteiger charge is 2.47. The molecule has 0 saturated carbocycles. The van der Waals surface area contributed by atoms with Gasteiger partial charge in [-0.15, -0.1) is 11.8 Å². The number of aromatic nitrogens is 1. The summed E-state index contributed by atoms with van der Waals surface area (Å²) in [5.41, 5.74) is 1.19. The molecule has 0 N–H and O–H groups in total. The third-order valence-electron chi connectivity index (χ3n) is 4.76. The number of benzene rings is 1. The maximum absolute atomic E-state index is 13.6. The molecule has 8 nitrogen and oxygen atoms in total. The Balaban J connectivity index is 1.87. The van der Waals surface area contributed by atoms with Crippen molar-refractivity contribution in [2.24, 2.45) is 0 Å². The van der Waals surface area contributed by atoms with Crippen molar-refractivity contribution >= 4 is 29.7 Å². The zero-order valence-electron chi connectivity index (χ0n) is 18.6. The Kier molecular flexibility index (Phi) is 7.91. The van der Waals surface area contributed by atoms with Gasteiger partial charge in [0.1, 0.15) is 11.6 Å². The number of rotatable bonds is 6. The first-order chi connectivity index (χ1) is 15.6. The Labute approximate surface area is 194 Å². The van der Waals surface area contributed by atoms with Crippen LogP contribution in [0.2, 0.25) is 0 Å². The van der Waals surface area contributed by atoms with E-state index in [-0.39, 0.29) is 11.6 Å². The molecular weight excluding hydrogens is 453 g/mol. The second-order valence-electron chi connectivity index (χ2n) is 7.49. The van der Waals surface area contributed by atoms with Crippen LogP contribution < -0.4 is 4.74 Å². The molecule has 1 saturated heterocycles. The van der Waals surface area contributed by atoms with Gasteiger partial charge in [-0.05, 0) is 36.2 Å². The lowest BCUT2D eigenvalue weighted by atomic mass is 10.0. The van der Waals surface area contributed by atoms with Crippen molar-refractivity contribution in [1.29, 1.82) is 0 Å². The van der Waals surface area contributed by atoms with Gasteiger partial charge >= 0.3 is 17.9 Å². The van der Waals surface area contributed by atoms with Crippen LogP contribution in [0.25, 0.3) is 11.1 Å². The van der Waals surface area contributed by atoms with E-state index in [2.05, 4.69) is 4.98 Å². The number of ether oxygens (including phenoxy) is 4. The Morgan fingerprint density at radius 3 is 2.24 bits per heavy atom. The average Bonchev–Trinajstić information content (AvgIpc) is 2.73. The first kappa shape index (κ1) is 24.5. The van der Waals surface area contributed by atoms with Gasteiger partial charge < -0.3 is 18.9 Å². The minimum absolute atomic E-state index is 0.254. The van der Waals surface area contributed by atoms with E-state index >= 15 is 0 Å². The third-order valence-corrected chi connectivity index (χ3v) is 5.98. The molecule has 1 aromatic carbocycles. The number of hydrogen-bond acceptors (Lipinski definition) is 9. The van der Waals surface area contributed by atoms with E-state index in [0.29, 0.717) is 16.9 Å². The fourth-order valence-corrected chi connectivity index (χ4v) is 4.63. The van der Waals surface area contributed by atoms with Crippen molar-refractivity contribution in [3.63, 3.8) is 0 Å². The van der Waals surface area contributed by atoms with Crippen LogP contribution in [0, 0.1) is 12.7 Å². The summed E-state index contributed by atoms with van der Waals surface area (Å²) in [4.78, 5) is 39.2. The van der Waals surface area contributed by atoms with Crippen molar-refractivity contribution in [3.8, 4) is 16.9 Å². The lowest BCUT2D eigenvalue weighted by molar-refractivity contribution is -0.186. The first-order valence-corrected chi connectivity index (χ1v) is 11.2. The molecule has 0 aliphatic carbocycles. The van der Waals surface area contributed by atoms with Crippen molar-refractivity contribution in [3.05, 3.63) is 48.0 Å². The van der Waals surface area contributed by atoms with E-state index in [1.165, 1.54) is 44.8 Å². The highest BCUT2D eigenvalue weighted by atomic mass is 32.2. The van der Waals surface area contributed by atoms with Crippen molar-refractivity contribution < 1.29 is 37.7 Å². The quantitative estimate of drug-likeness (QED) is 0.457. The standard InChI is InChI=1S/C23H24FNO7S/c1-12-7-16(5-6-19(12)24)17-8-18(10-25-9-17)32-23-22(31-15(4)28)21(30-14(3)27)20(11-33-23)29-13(2)26/h5-10,20-23H,11H2,1-4H3/t20-,21+,22-,23?/m1/s1. The molecule has 2 heterocycles. The van der Waals surface area contributed by atoms with Gasteiger partial charge in [-0.25, -0.2) is 4.39 Å². The van der Waals surface area contributed by atoms with Gasteiger partial charge in [-0.1, -0.05) is 6.07 Å². The monoisotopic (exact) mass is 477 g/mol. The van der Waals surface area contributed by atoms with Crippen LogP contribution in [-0.4, -0.2) is 52.4 Å².